The Bertz CT molecular complexity index is 3060. The molecule has 0 aromatic heterocycles. The number of Topliss-reactive ketones (excluding diaryl/α,β-unsaturated/α-hetero) is 5. The maximum atomic E-state index is 14.4. The Hall–Kier alpha value is -8.38. The van der Waals surface area contributed by atoms with E-state index in [1.54, 1.807) is 30.3 Å². The van der Waals surface area contributed by atoms with E-state index in [-0.39, 0.29) is 120 Å². The number of rotatable bonds is 43. The number of unbranched alkanes of at least 4 members (excludes halogenated alkanes) is 4. The molecule has 0 aliphatic rings. The summed E-state index contributed by atoms with van der Waals surface area (Å²) in [4.78, 5) is 135. The number of methoxy groups -OCH3 is 4. The molecule has 14 N–H and O–H groups in total. The molecular weight excluding hydrogens is 1130 g/mol. The van der Waals surface area contributed by atoms with Crippen molar-refractivity contribution in [2.75, 3.05) is 54.6 Å². The zero-order valence-corrected chi connectivity index (χ0v) is 51.4. The van der Waals surface area contributed by atoms with Crippen molar-refractivity contribution in [3.05, 3.63) is 117 Å². The summed E-state index contributed by atoms with van der Waals surface area (Å²) in [5.74, 6) is -3.96. The van der Waals surface area contributed by atoms with Gasteiger partial charge in [0.25, 0.3) is 23.6 Å². The van der Waals surface area contributed by atoms with Gasteiger partial charge in [0.1, 0.15) is 28.8 Å². The predicted molar refractivity (Wildman–Crippen MR) is 333 cm³/mol. The molecule has 478 valence electrons. The van der Waals surface area contributed by atoms with Crippen LogP contribution in [0.1, 0.15) is 161 Å². The third kappa shape index (κ3) is 23.0. The first-order valence-electron chi connectivity index (χ1n) is 29.8. The van der Waals surface area contributed by atoms with Crippen molar-refractivity contribution < 1.29 is 66.9 Å². The minimum absolute atomic E-state index is 0.0285. The molecule has 5 amide bonds. The second-order valence-electron chi connectivity index (χ2n) is 21.6. The maximum Gasteiger partial charge on any atom is 0.255 e. The van der Waals surface area contributed by atoms with E-state index in [1.807, 2.05) is 0 Å². The van der Waals surface area contributed by atoms with Gasteiger partial charge in [-0.3, -0.25) is 43.2 Å². The number of nitrogens with two attached hydrogens (primary N) is 5. The van der Waals surface area contributed by atoms with E-state index in [4.69, 9.17) is 47.6 Å². The molecule has 0 heterocycles. The standard InChI is InChI=1S/C65H89N9O14/c1-40(75)18-27-61(80)71-49(14-6-10-28-66)53(76)37-42-20-24-58(86-3)46(33-42)63(82)73-51(16-8-12-30-68)55(78)39-44-22-26-60(88-5)48(35-44)65(84)74-52(17-9-13-31-69)56(79)38-43-21-25-59(87-4)47(34-43)64(83)72-50(15-7-11-29-67)54(77)36-41-19-23-57(85-2)45(32-41)62(70)81/h19-26,32-35,49-52H,6-18,27-31,36-39,66-69H2,1-5H3,(H2,70,81)(H,71,80)(H,72,83)(H,73,82)(H,74,84)/t49-,50-,51-,52-/m0/s1. The summed E-state index contributed by atoms with van der Waals surface area (Å²) in [6.07, 6.45) is 4.61. The Morgan fingerprint density at radius 2 is 0.636 bits per heavy atom. The van der Waals surface area contributed by atoms with E-state index in [0.29, 0.717) is 106 Å². The topological polar surface area (TPSA) is 386 Å². The molecule has 88 heavy (non-hydrogen) atoms. The molecule has 23 nitrogen and oxygen atoms in total. The van der Waals surface area contributed by atoms with Crippen LogP contribution in [-0.2, 0) is 54.5 Å². The zero-order chi connectivity index (χ0) is 64.7. The van der Waals surface area contributed by atoms with E-state index >= 15 is 0 Å². The minimum Gasteiger partial charge on any atom is -0.496 e. The number of carbonyl (C=O) groups excluding carboxylic acids is 10. The van der Waals surface area contributed by atoms with Gasteiger partial charge >= 0.3 is 0 Å². The first-order chi connectivity index (χ1) is 42.2. The third-order valence-corrected chi connectivity index (χ3v) is 14.9. The average Bonchev–Trinajstić information content (AvgIpc) is 1.79. The van der Waals surface area contributed by atoms with Crippen LogP contribution in [0, 0.1) is 0 Å². The number of primary amides is 1. The van der Waals surface area contributed by atoms with E-state index in [9.17, 15) is 47.9 Å². The molecular formula is C65H89N9O14. The number of carbonyl (C=O) groups is 10. The van der Waals surface area contributed by atoms with E-state index in [2.05, 4.69) is 21.3 Å². The Morgan fingerprint density at radius 1 is 0.375 bits per heavy atom. The number of hydrogen-bond acceptors (Lipinski definition) is 18. The van der Waals surface area contributed by atoms with Crippen LogP contribution in [0.15, 0.2) is 72.8 Å². The monoisotopic (exact) mass is 1220 g/mol. The molecule has 23 heteroatoms. The number of ketones is 5. The lowest BCUT2D eigenvalue weighted by atomic mass is 9.95. The molecule has 4 rings (SSSR count). The molecule has 0 fully saturated rings. The third-order valence-electron chi connectivity index (χ3n) is 14.9. The lowest BCUT2D eigenvalue weighted by Crippen LogP contribution is -2.42. The summed E-state index contributed by atoms with van der Waals surface area (Å²) in [5, 5.41) is 11.3. The van der Waals surface area contributed by atoms with Gasteiger partial charge in [0.2, 0.25) is 5.91 Å². The predicted octanol–water partition coefficient (Wildman–Crippen LogP) is 4.03. The maximum absolute atomic E-state index is 14.4. The normalized spacial score (nSPS) is 12.3. The van der Waals surface area contributed by atoms with Crippen molar-refractivity contribution >= 4 is 58.5 Å². The van der Waals surface area contributed by atoms with Gasteiger partial charge in [0, 0.05) is 38.5 Å². The summed E-state index contributed by atoms with van der Waals surface area (Å²) in [7, 11) is 5.53. The van der Waals surface area contributed by atoms with Gasteiger partial charge in [0.05, 0.1) is 74.9 Å². The van der Waals surface area contributed by atoms with Crippen LogP contribution >= 0.6 is 0 Å². The number of benzene rings is 4. The van der Waals surface area contributed by atoms with Gasteiger partial charge in [-0.1, -0.05) is 24.3 Å². The van der Waals surface area contributed by atoms with Gasteiger partial charge in [-0.25, -0.2) is 0 Å². The Balaban J connectivity index is 1.56. The molecule has 0 aliphatic carbocycles. The van der Waals surface area contributed by atoms with Gasteiger partial charge in [-0.2, -0.15) is 0 Å². The van der Waals surface area contributed by atoms with Crippen LogP contribution < -0.4 is 68.9 Å². The fourth-order valence-corrected chi connectivity index (χ4v) is 9.97. The molecule has 0 spiro atoms. The average molecular weight is 1220 g/mol. The van der Waals surface area contributed by atoms with Gasteiger partial charge in [-0.15, -0.1) is 0 Å². The van der Waals surface area contributed by atoms with Crippen molar-refractivity contribution in [1.29, 1.82) is 0 Å². The van der Waals surface area contributed by atoms with Gasteiger partial charge in [-0.05, 0) is 181 Å². The number of ether oxygens (including phenoxy) is 4. The van der Waals surface area contributed by atoms with Crippen LogP contribution in [0.5, 0.6) is 23.0 Å². The highest BCUT2D eigenvalue weighted by atomic mass is 16.5. The van der Waals surface area contributed by atoms with Gasteiger partial charge in [0.15, 0.2) is 23.1 Å². The minimum atomic E-state index is -1.05. The molecule has 0 unspecified atom stereocenters. The zero-order valence-electron chi connectivity index (χ0n) is 51.4. The van der Waals surface area contributed by atoms with E-state index < -0.39 is 65.3 Å². The summed E-state index contributed by atoms with van der Waals surface area (Å²) < 4.78 is 21.9. The molecule has 4 atom stereocenters. The van der Waals surface area contributed by atoms with Crippen LogP contribution in [0.25, 0.3) is 0 Å². The molecule has 0 saturated carbocycles. The Morgan fingerprint density at radius 3 is 0.886 bits per heavy atom. The van der Waals surface area contributed by atoms with Crippen LogP contribution in [0.3, 0.4) is 0 Å². The quantitative estimate of drug-likeness (QED) is 0.0282. The summed E-state index contributed by atoms with van der Waals surface area (Å²) in [6, 6.07) is 14.7. The molecule has 0 aliphatic heterocycles. The second-order valence-corrected chi connectivity index (χ2v) is 21.6. The number of nitrogens with one attached hydrogen (secondary N) is 4. The van der Waals surface area contributed by atoms with E-state index in [0.717, 1.165) is 0 Å². The fraction of sp³-hybridized carbons (Fsp3) is 0.477. The van der Waals surface area contributed by atoms with Crippen molar-refractivity contribution in [2.24, 2.45) is 28.7 Å². The number of hydrogen-bond donors (Lipinski definition) is 9. The first-order valence-corrected chi connectivity index (χ1v) is 29.8. The summed E-state index contributed by atoms with van der Waals surface area (Å²) >= 11 is 0. The van der Waals surface area contributed by atoms with E-state index in [1.165, 1.54) is 77.8 Å². The summed E-state index contributed by atoms with van der Waals surface area (Å²) in [6.45, 7) is 2.82. The van der Waals surface area contributed by atoms with Crippen LogP contribution in [-0.4, -0.2) is 137 Å². The highest BCUT2D eigenvalue weighted by Crippen LogP contribution is 2.27. The first kappa shape index (κ1) is 72.1. The van der Waals surface area contributed by atoms with Gasteiger partial charge < -0.3 is 73.7 Å². The van der Waals surface area contributed by atoms with Crippen LogP contribution in [0.2, 0.25) is 0 Å². The van der Waals surface area contributed by atoms with Crippen molar-refractivity contribution in [3.8, 4) is 23.0 Å². The fourth-order valence-electron chi connectivity index (χ4n) is 9.97. The molecule has 4 aromatic rings. The largest absolute Gasteiger partial charge is 0.496 e. The second kappa shape index (κ2) is 38.0. The lowest BCUT2D eigenvalue weighted by molar-refractivity contribution is -0.128. The molecule has 0 bridgehead atoms. The van der Waals surface area contributed by atoms with Crippen molar-refractivity contribution in [1.82, 2.24) is 21.3 Å². The molecule has 0 radical (unpaired) electrons. The Kier molecular flexibility index (Phi) is 31.1. The smallest absolute Gasteiger partial charge is 0.255 e. The SMILES string of the molecule is COc1ccc(CC(=O)[C@H](CCCCN)NC(=O)c2cc(CC(=O)[C@H](CCCCN)NC(=O)c3cc(CC(=O)[C@H](CCCCN)NC(=O)c4cc(CC(=O)[C@H](CCCCN)NC(=O)CCC(C)=O)ccc4OC)ccc3OC)ccc2OC)cc1C(N)=O. The highest BCUT2D eigenvalue weighted by molar-refractivity contribution is 6.04. The lowest BCUT2D eigenvalue weighted by Gasteiger charge is -2.21. The van der Waals surface area contributed by atoms with Crippen molar-refractivity contribution in [2.45, 2.75) is 147 Å². The number of amides is 5. The highest BCUT2D eigenvalue weighted by Gasteiger charge is 2.29. The molecule has 0 saturated heterocycles. The Labute approximate surface area is 515 Å². The van der Waals surface area contributed by atoms with Crippen molar-refractivity contribution in [3.63, 3.8) is 0 Å². The summed E-state index contributed by atoms with van der Waals surface area (Å²) in [5.41, 5.74) is 30.7. The molecule has 4 aromatic carbocycles. The van der Waals surface area contributed by atoms with Crippen LogP contribution in [0.4, 0.5) is 0 Å².